The molecule has 0 fully saturated rings. The molecule has 102 valence electrons. The van der Waals surface area contributed by atoms with Gasteiger partial charge in [0.2, 0.25) is 0 Å². The van der Waals surface area contributed by atoms with Crippen molar-refractivity contribution in [1.82, 2.24) is 9.88 Å². The second-order valence-corrected chi connectivity index (χ2v) is 6.46. The van der Waals surface area contributed by atoms with Gasteiger partial charge < -0.3 is 5.73 Å². The highest BCUT2D eigenvalue weighted by Crippen LogP contribution is 2.17. The number of hydrogen-bond acceptors (Lipinski definition) is 3. The van der Waals surface area contributed by atoms with Gasteiger partial charge in [-0.05, 0) is 53.0 Å². The topological polar surface area (TPSA) is 42.2 Å². The molecule has 0 aromatic carbocycles. The Kier molecular flexibility index (Phi) is 6.26. The Hall–Kier alpha value is -0.450. The van der Waals surface area contributed by atoms with E-state index in [4.69, 9.17) is 5.73 Å². The van der Waals surface area contributed by atoms with E-state index in [0.29, 0.717) is 6.54 Å². The number of halogens is 1. The second kappa shape index (κ2) is 7.22. The number of nitrogens with two attached hydrogens (primary N) is 1. The van der Waals surface area contributed by atoms with Gasteiger partial charge in [-0.15, -0.1) is 0 Å². The predicted molar refractivity (Wildman–Crippen MR) is 80.3 cm³/mol. The van der Waals surface area contributed by atoms with Gasteiger partial charge in [-0.2, -0.15) is 0 Å². The zero-order valence-corrected chi connectivity index (χ0v) is 13.2. The Morgan fingerprint density at radius 1 is 1.39 bits per heavy atom. The van der Waals surface area contributed by atoms with Crippen molar-refractivity contribution >= 4 is 15.9 Å². The smallest absolute Gasteiger partial charge is 0.0544 e. The molecule has 1 rings (SSSR count). The zero-order valence-electron chi connectivity index (χ0n) is 11.6. The van der Waals surface area contributed by atoms with Gasteiger partial charge in [-0.3, -0.25) is 9.88 Å². The van der Waals surface area contributed by atoms with Crippen LogP contribution in [0.1, 0.15) is 32.9 Å². The Bertz CT molecular complexity index is 349. The summed E-state index contributed by atoms with van der Waals surface area (Å²) in [5.41, 5.74) is 7.08. The van der Waals surface area contributed by atoms with Crippen molar-refractivity contribution in [2.24, 2.45) is 11.1 Å². The van der Waals surface area contributed by atoms with Crippen LogP contribution in [-0.4, -0.2) is 29.5 Å². The summed E-state index contributed by atoms with van der Waals surface area (Å²) in [4.78, 5) is 6.87. The summed E-state index contributed by atoms with van der Waals surface area (Å²) in [7, 11) is 0. The van der Waals surface area contributed by atoms with Crippen molar-refractivity contribution < 1.29 is 0 Å². The van der Waals surface area contributed by atoms with Gasteiger partial charge in [0.05, 0.1) is 5.69 Å². The fourth-order valence-electron chi connectivity index (χ4n) is 1.93. The minimum atomic E-state index is 0.157. The van der Waals surface area contributed by atoms with E-state index < -0.39 is 0 Å². The van der Waals surface area contributed by atoms with Crippen LogP contribution in [0.25, 0.3) is 0 Å². The quantitative estimate of drug-likeness (QED) is 0.841. The van der Waals surface area contributed by atoms with Crippen LogP contribution in [0.5, 0.6) is 0 Å². The standard InChI is InChI=1S/C14H24BrN3/c1-4-7-18(11-14(2,3)10-16)9-13-6-5-12(15)8-17-13/h5-6,8H,4,7,9-11,16H2,1-3H3. The minimum absolute atomic E-state index is 0.157. The Morgan fingerprint density at radius 2 is 2.11 bits per heavy atom. The van der Waals surface area contributed by atoms with E-state index in [1.165, 1.54) is 0 Å². The largest absolute Gasteiger partial charge is 0.330 e. The molecule has 0 saturated carbocycles. The van der Waals surface area contributed by atoms with Crippen molar-refractivity contribution in [3.63, 3.8) is 0 Å². The summed E-state index contributed by atoms with van der Waals surface area (Å²) in [6.45, 7) is 10.3. The van der Waals surface area contributed by atoms with Crippen molar-refractivity contribution in [1.29, 1.82) is 0 Å². The van der Waals surface area contributed by atoms with Crippen molar-refractivity contribution in [2.45, 2.75) is 33.7 Å². The van der Waals surface area contributed by atoms with E-state index in [0.717, 1.165) is 36.2 Å². The lowest BCUT2D eigenvalue weighted by molar-refractivity contribution is 0.174. The molecule has 0 aliphatic rings. The van der Waals surface area contributed by atoms with E-state index >= 15 is 0 Å². The van der Waals surface area contributed by atoms with Gasteiger partial charge >= 0.3 is 0 Å². The van der Waals surface area contributed by atoms with Crippen molar-refractivity contribution in [3.8, 4) is 0 Å². The summed E-state index contributed by atoms with van der Waals surface area (Å²) in [5, 5.41) is 0. The number of pyridine rings is 1. The van der Waals surface area contributed by atoms with E-state index in [2.05, 4.69) is 52.7 Å². The summed E-state index contributed by atoms with van der Waals surface area (Å²) in [6, 6.07) is 4.11. The van der Waals surface area contributed by atoms with E-state index in [-0.39, 0.29) is 5.41 Å². The minimum Gasteiger partial charge on any atom is -0.330 e. The normalized spacial score (nSPS) is 12.1. The summed E-state index contributed by atoms with van der Waals surface area (Å²) >= 11 is 3.41. The molecule has 0 aliphatic carbocycles. The maximum Gasteiger partial charge on any atom is 0.0544 e. The lowest BCUT2D eigenvalue weighted by atomic mass is 9.93. The first-order valence-corrected chi connectivity index (χ1v) is 7.29. The van der Waals surface area contributed by atoms with Gasteiger partial charge in [-0.25, -0.2) is 0 Å². The monoisotopic (exact) mass is 313 g/mol. The van der Waals surface area contributed by atoms with Crippen LogP contribution in [-0.2, 0) is 6.54 Å². The lowest BCUT2D eigenvalue weighted by Gasteiger charge is -2.31. The third kappa shape index (κ3) is 5.46. The molecule has 0 saturated heterocycles. The first-order chi connectivity index (χ1) is 8.46. The maximum absolute atomic E-state index is 5.82. The fraction of sp³-hybridized carbons (Fsp3) is 0.643. The van der Waals surface area contributed by atoms with Crippen LogP contribution in [0, 0.1) is 5.41 Å². The van der Waals surface area contributed by atoms with Gasteiger partial charge in [0.25, 0.3) is 0 Å². The third-order valence-electron chi connectivity index (χ3n) is 2.92. The highest BCUT2D eigenvalue weighted by Gasteiger charge is 2.20. The molecule has 0 atom stereocenters. The molecule has 18 heavy (non-hydrogen) atoms. The first kappa shape index (κ1) is 15.6. The van der Waals surface area contributed by atoms with Gasteiger partial charge in [0.15, 0.2) is 0 Å². The van der Waals surface area contributed by atoms with Crippen LogP contribution in [0.4, 0.5) is 0 Å². The van der Waals surface area contributed by atoms with Gasteiger partial charge in [-0.1, -0.05) is 20.8 Å². The zero-order chi connectivity index (χ0) is 13.6. The molecule has 0 spiro atoms. The van der Waals surface area contributed by atoms with Crippen LogP contribution in [0.15, 0.2) is 22.8 Å². The molecule has 1 aromatic heterocycles. The fourth-order valence-corrected chi connectivity index (χ4v) is 2.16. The summed E-state index contributed by atoms with van der Waals surface area (Å²) in [5.74, 6) is 0. The maximum atomic E-state index is 5.82. The molecule has 2 N–H and O–H groups in total. The van der Waals surface area contributed by atoms with E-state index in [9.17, 15) is 0 Å². The van der Waals surface area contributed by atoms with Crippen molar-refractivity contribution in [3.05, 3.63) is 28.5 Å². The third-order valence-corrected chi connectivity index (χ3v) is 3.39. The highest BCUT2D eigenvalue weighted by molar-refractivity contribution is 9.10. The highest BCUT2D eigenvalue weighted by atomic mass is 79.9. The van der Waals surface area contributed by atoms with Crippen LogP contribution < -0.4 is 5.73 Å². The SMILES string of the molecule is CCCN(Cc1ccc(Br)cn1)CC(C)(C)CN. The average Bonchev–Trinajstić information content (AvgIpc) is 2.32. The molecular weight excluding hydrogens is 290 g/mol. The number of rotatable bonds is 7. The molecule has 1 aromatic rings. The molecule has 0 radical (unpaired) electrons. The van der Waals surface area contributed by atoms with E-state index in [1.54, 1.807) is 0 Å². The second-order valence-electron chi connectivity index (χ2n) is 5.55. The average molecular weight is 314 g/mol. The molecule has 0 amide bonds. The first-order valence-electron chi connectivity index (χ1n) is 6.49. The number of aromatic nitrogens is 1. The van der Waals surface area contributed by atoms with Crippen LogP contribution >= 0.6 is 15.9 Å². The van der Waals surface area contributed by atoms with Crippen LogP contribution in [0.2, 0.25) is 0 Å². The molecule has 1 heterocycles. The number of hydrogen-bond donors (Lipinski definition) is 1. The molecule has 0 unspecified atom stereocenters. The summed E-state index contributed by atoms with van der Waals surface area (Å²) in [6.07, 6.45) is 3.00. The van der Waals surface area contributed by atoms with Crippen molar-refractivity contribution in [2.75, 3.05) is 19.6 Å². The Morgan fingerprint density at radius 3 is 2.61 bits per heavy atom. The van der Waals surface area contributed by atoms with Crippen LogP contribution in [0.3, 0.4) is 0 Å². The lowest BCUT2D eigenvalue weighted by Crippen LogP contribution is -2.39. The van der Waals surface area contributed by atoms with E-state index in [1.807, 2.05) is 12.3 Å². The Labute approximate surface area is 119 Å². The molecule has 0 aliphatic heterocycles. The van der Waals surface area contributed by atoms with Gasteiger partial charge in [0, 0.05) is 23.8 Å². The number of nitrogens with zero attached hydrogens (tertiary/aromatic N) is 2. The predicted octanol–water partition coefficient (Wildman–Crippen LogP) is 3.04. The Balaban J connectivity index is 2.65. The molecule has 3 nitrogen and oxygen atoms in total. The van der Waals surface area contributed by atoms with Gasteiger partial charge in [0.1, 0.15) is 0 Å². The molecular formula is C14H24BrN3. The molecule has 4 heteroatoms. The molecule has 0 bridgehead atoms. The summed E-state index contributed by atoms with van der Waals surface area (Å²) < 4.78 is 1.02.